The van der Waals surface area contributed by atoms with Gasteiger partial charge in [-0.05, 0) is 35.1 Å². The van der Waals surface area contributed by atoms with Gasteiger partial charge < -0.3 is 9.73 Å². The molecule has 1 N–H and O–H groups in total. The van der Waals surface area contributed by atoms with Gasteiger partial charge in [0.25, 0.3) is 0 Å². The van der Waals surface area contributed by atoms with E-state index in [2.05, 4.69) is 32.2 Å². The highest BCUT2D eigenvalue weighted by molar-refractivity contribution is 9.10. The molecule has 0 aromatic carbocycles. The Labute approximate surface area is 97.0 Å². The van der Waals surface area contributed by atoms with Crippen LogP contribution in [0.15, 0.2) is 21.2 Å². The maximum Gasteiger partial charge on any atom is 0.169 e. The predicted octanol–water partition coefficient (Wildman–Crippen LogP) is 1.51. The van der Waals surface area contributed by atoms with Crippen molar-refractivity contribution in [2.45, 2.75) is 12.1 Å². The SMILES string of the molecule is CNC1CN([C@@H](C#N)c2ccc(Br)o2)C1. The molecule has 0 bridgehead atoms. The number of nitrogens with one attached hydrogen (secondary N) is 1. The molecule has 0 spiro atoms. The van der Waals surface area contributed by atoms with Gasteiger partial charge in [-0.3, -0.25) is 4.90 Å². The van der Waals surface area contributed by atoms with Gasteiger partial charge in [0, 0.05) is 19.1 Å². The number of likely N-dealkylation sites (tertiary alicyclic amines) is 1. The average molecular weight is 270 g/mol. The third kappa shape index (κ3) is 2.07. The molecule has 1 aliphatic rings. The van der Waals surface area contributed by atoms with Crippen LogP contribution in [-0.4, -0.2) is 31.1 Å². The lowest BCUT2D eigenvalue weighted by Crippen LogP contribution is -2.57. The first-order valence-electron chi connectivity index (χ1n) is 4.80. The fraction of sp³-hybridized carbons (Fsp3) is 0.500. The van der Waals surface area contributed by atoms with Crippen LogP contribution < -0.4 is 5.32 Å². The van der Waals surface area contributed by atoms with Crippen molar-refractivity contribution < 1.29 is 4.42 Å². The Bertz CT molecular complexity index is 378. The first-order valence-corrected chi connectivity index (χ1v) is 5.60. The number of hydrogen-bond acceptors (Lipinski definition) is 4. The number of likely N-dealkylation sites (N-methyl/N-ethyl adjacent to an activating group) is 1. The predicted molar refractivity (Wildman–Crippen MR) is 59.2 cm³/mol. The number of rotatable bonds is 3. The van der Waals surface area contributed by atoms with Crippen LogP contribution in [0.1, 0.15) is 11.8 Å². The van der Waals surface area contributed by atoms with Gasteiger partial charge in [0.1, 0.15) is 5.76 Å². The van der Waals surface area contributed by atoms with E-state index < -0.39 is 0 Å². The maximum atomic E-state index is 9.10. The normalized spacial score (nSPS) is 19.5. The lowest BCUT2D eigenvalue weighted by Gasteiger charge is -2.40. The number of furan rings is 1. The van der Waals surface area contributed by atoms with Crippen molar-refractivity contribution >= 4 is 15.9 Å². The topological polar surface area (TPSA) is 52.2 Å². The van der Waals surface area contributed by atoms with E-state index in [-0.39, 0.29) is 6.04 Å². The molecular formula is C10H12BrN3O. The fourth-order valence-corrected chi connectivity index (χ4v) is 2.03. The first-order chi connectivity index (χ1) is 7.24. The molecule has 1 aromatic rings. The standard InChI is InChI=1S/C10H12BrN3O/c1-13-7-5-14(6-7)8(4-12)9-2-3-10(11)15-9/h2-3,7-8,13H,5-6H2,1H3/t8-/m0/s1. The zero-order valence-electron chi connectivity index (χ0n) is 8.40. The molecule has 2 rings (SSSR count). The second-order valence-electron chi connectivity index (χ2n) is 3.61. The van der Waals surface area contributed by atoms with Gasteiger partial charge in [-0.1, -0.05) is 0 Å². The third-order valence-corrected chi connectivity index (χ3v) is 3.10. The molecule has 0 aliphatic carbocycles. The van der Waals surface area contributed by atoms with Crippen LogP contribution in [-0.2, 0) is 0 Å². The van der Waals surface area contributed by atoms with Crippen LogP contribution >= 0.6 is 15.9 Å². The van der Waals surface area contributed by atoms with Crippen LogP contribution in [0.25, 0.3) is 0 Å². The Kier molecular flexibility index (Phi) is 3.10. The van der Waals surface area contributed by atoms with Crippen molar-refractivity contribution in [3.8, 4) is 6.07 Å². The minimum Gasteiger partial charge on any atom is -0.452 e. The number of nitrogens with zero attached hydrogens (tertiary/aromatic N) is 2. The number of nitriles is 1. The van der Waals surface area contributed by atoms with E-state index >= 15 is 0 Å². The summed E-state index contributed by atoms with van der Waals surface area (Å²) in [4.78, 5) is 2.09. The number of hydrogen-bond donors (Lipinski definition) is 1. The molecule has 1 fully saturated rings. The summed E-state index contributed by atoms with van der Waals surface area (Å²) in [5.74, 6) is 0.707. The molecule has 0 unspecified atom stereocenters. The van der Waals surface area contributed by atoms with E-state index in [0.717, 1.165) is 13.1 Å². The van der Waals surface area contributed by atoms with E-state index in [1.807, 2.05) is 19.2 Å². The van der Waals surface area contributed by atoms with Gasteiger partial charge in [0.15, 0.2) is 10.7 Å². The van der Waals surface area contributed by atoms with Gasteiger partial charge in [0.2, 0.25) is 0 Å². The zero-order valence-corrected chi connectivity index (χ0v) is 9.99. The van der Waals surface area contributed by atoms with E-state index in [9.17, 15) is 0 Å². The molecule has 15 heavy (non-hydrogen) atoms. The zero-order chi connectivity index (χ0) is 10.8. The monoisotopic (exact) mass is 269 g/mol. The second-order valence-corrected chi connectivity index (χ2v) is 4.39. The molecule has 80 valence electrons. The summed E-state index contributed by atoms with van der Waals surface area (Å²) in [6.45, 7) is 1.79. The Morgan fingerprint density at radius 3 is 2.87 bits per heavy atom. The lowest BCUT2D eigenvalue weighted by molar-refractivity contribution is 0.0936. The summed E-state index contributed by atoms with van der Waals surface area (Å²) in [7, 11) is 1.94. The van der Waals surface area contributed by atoms with E-state index in [0.29, 0.717) is 16.5 Å². The first kappa shape index (κ1) is 10.7. The molecule has 0 radical (unpaired) electrons. The third-order valence-electron chi connectivity index (χ3n) is 2.67. The van der Waals surface area contributed by atoms with E-state index in [4.69, 9.17) is 9.68 Å². The van der Waals surface area contributed by atoms with Crippen LogP contribution in [0.5, 0.6) is 0 Å². The van der Waals surface area contributed by atoms with Gasteiger partial charge in [-0.15, -0.1) is 0 Å². The molecule has 0 saturated carbocycles. The minimum absolute atomic E-state index is 0.263. The molecular weight excluding hydrogens is 258 g/mol. The maximum absolute atomic E-state index is 9.10. The largest absolute Gasteiger partial charge is 0.452 e. The molecule has 0 amide bonds. The summed E-state index contributed by atoms with van der Waals surface area (Å²) < 4.78 is 6.06. The Hall–Kier alpha value is -0.830. The Morgan fingerprint density at radius 2 is 2.40 bits per heavy atom. The Morgan fingerprint density at radius 1 is 1.67 bits per heavy atom. The van der Waals surface area contributed by atoms with Crippen molar-refractivity contribution in [2.24, 2.45) is 0 Å². The minimum atomic E-state index is -0.263. The van der Waals surface area contributed by atoms with Crippen molar-refractivity contribution in [1.29, 1.82) is 5.26 Å². The van der Waals surface area contributed by atoms with Crippen molar-refractivity contribution in [1.82, 2.24) is 10.2 Å². The van der Waals surface area contributed by atoms with Crippen molar-refractivity contribution in [3.63, 3.8) is 0 Å². The highest BCUT2D eigenvalue weighted by Crippen LogP contribution is 2.28. The summed E-state index contributed by atoms with van der Waals surface area (Å²) in [5.41, 5.74) is 0. The van der Waals surface area contributed by atoms with Crippen molar-refractivity contribution in [2.75, 3.05) is 20.1 Å². The lowest BCUT2D eigenvalue weighted by atomic mass is 10.0. The average Bonchev–Trinajstić information content (AvgIpc) is 2.57. The summed E-state index contributed by atoms with van der Waals surface area (Å²) >= 11 is 3.24. The van der Waals surface area contributed by atoms with E-state index in [1.54, 1.807) is 0 Å². The molecule has 4 nitrogen and oxygen atoms in total. The van der Waals surface area contributed by atoms with Gasteiger partial charge in [0.05, 0.1) is 6.07 Å². The fourth-order valence-electron chi connectivity index (χ4n) is 1.71. The van der Waals surface area contributed by atoms with Gasteiger partial charge >= 0.3 is 0 Å². The van der Waals surface area contributed by atoms with E-state index in [1.165, 1.54) is 0 Å². The quantitative estimate of drug-likeness (QED) is 0.904. The molecule has 1 aliphatic heterocycles. The highest BCUT2D eigenvalue weighted by atomic mass is 79.9. The van der Waals surface area contributed by atoms with Crippen LogP contribution in [0.3, 0.4) is 0 Å². The number of halogens is 1. The molecule has 1 saturated heterocycles. The molecule has 1 atom stereocenters. The highest BCUT2D eigenvalue weighted by Gasteiger charge is 2.33. The van der Waals surface area contributed by atoms with Crippen LogP contribution in [0, 0.1) is 11.3 Å². The van der Waals surface area contributed by atoms with Gasteiger partial charge in [-0.2, -0.15) is 5.26 Å². The van der Waals surface area contributed by atoms with Crippen molar-refractivity contribution in [3.05, 3.63) is 22.6 Å². The van der Waals surface area contributed by atoms with Crippen LogP contribution in [0.2, 0.25) is 0 Å². The molecule has 2 heterocycles. The second kappa shape index (κ2) is 4.35. The summed E-state index contributed by atoms with van der Waals surface area (Å²) in [6, 6.07) is 6.15. The summed E-state index contributed by atoms with van der Waals surface area (Å²) in [5, 5.41) is 12.3. The van der Waals surface area contributed by atoms with Crippen LogP contribution in [0.4, 0.5) is 0 Å². The molecule has 5 heteroatoms. The smallest absolute Gasteiger partial charge is 0.169 e. The summed E-state index contributed by atoms with van der Waals surface area (Å²) in [6.07, 6.45) is 0. The Balaban J connectivity index is 2.04. The van der Waals surface area contributed by atoms with Gasteiger partial charge in [-0.25, -0.2) is 0 Å². The molecule has 1 aromatic heterocycles.